The molecular weight excluding hydrogens is 447 g/mol. The number of nitrogens with zero attached hydrogens (tertiary/aromatic N) is 2. The molecule has 0 saturated heterocycles. The fourth-order valence-electron chi connectivity index (χ4n) is 3.68. The average molecular weight is 466 g/mol. The topological polar surface area (TPSA) is 25.8 Å². The van der Waals surface area contributed by atoms with Gasteiger partial charge in [0.1, 0.15) is 0 Å². The van der Waals surface area contributed by atoms with Gasteiger partial charge >= 0.3 is 0 Å². The largest absolute Gasteiger partial charge is 0.335 e. The van der Waals surface area contributed by atoms with Gasteiger partial charge in [0.15, 0.2) is 0 Å². The molecule has 0 radical (unpaired) electrons. The number of pyridine rings is 2. The van der Waals surface area contributed by atoms with Crippen LogP contribution in [0.2, 0.25) is 0 Å². The maximum atomic E-state index is 4.95. The summed E-state index contributed by atoms with van der Waals surface area (Å²) < 4.78 is 0. The monoisotopic (exact) mass is 465 g/mol. The van der Waals surface area contributed by atoms with Crippen LogP contribution in [-0.4, -0.2) is 9.97 Å². The van der Waals surface area contributed by atoms with Gasteiger partial charge in [-0.25, -0.2) is 0 Å². The van der Waals surface area contributed by atoms with Crippen LogP contribution in [0.25, 0.3) is 22.5 Å². The van der Waals surface area contributed by atoms with E-state index in [0.29, 0.717) is 0 Å². The Morgan fingerprint density at radius 1 is 0.759 bits per heavy atom. The summed E-state index contributed by atoms with van der Waals surface area (Å²) in [6.07, 6.45) is 0.983. The van der Waals surface area contributed by atoms with Crippen molar-refractivity contribution in [2.45, 2.75) is 18.8 Å². The molecule has 4 aromatic rings. The Bertz CT molecular complexity index is 1110. The van der Waals surface area contributed by atoms with Crippen molar-refractivity contribution in [1.82, 2.24) is 9.97 Å². The van der Waals surface area contributed by atoms with Crippen LogP contribution in [-0.2, 0) is 25.8 Å². The normalized spacial score (nSPS) is 17.5. The minimum absolute atomic E-state index is 0. The zero-order valence-electron chi connectivity index (χ0n) is 16.0. The van der Waals surface area contributed by atoms with Gasteiger partial charge in [0.05, 0.1) is 0 Å². The van der Waals surface area contributed by atoms with Gasteiger partial charge < -0.3 is 9.97 Å². The van der Waals surface area contributed by atoms with Crippen LogP contribution in [0.15, 0.2) is 84.9 Å². The molecule has 1 aliphatic rings. The van der Waals surface area contributed by atoms with E-state index in [1.54, 1.807) is 0 Å². The van der Waals surface area contributed by atoms with Gasteiger partial charge in [-0.1, -0.05) is 31.5 Å². The first kappa shape index (κ1) is 19.6. The summed E-state index contributed by atoms with van der Waals surface area (Å²) in [6, 6.07) is 34.9. The van der Waals surface area contributed by atoms with Crippen molar-refractivity contribution in [3.05, 3.63) is 114 Å². The van der Waals surface area contributed by atoms with Crippen LogP contribution in [0, 0.1) is 18.1 Å². The predicted molar refractivity (Wildman–Crippen MR) is 111 cm³/mol. The molecule has 0 bridgehead atoms. The molecule has 1 atom stereocenters. The number of rotatable bonds is 4. The third-order valence-electron chi connectivity index (χ3n) is 5.41. The second kappa shape index (κ2) is 7.95. The van der Waals surface area contributed by atoms with Crippen molar-refractivity contribution < 1.29 is 20.4 Å². The Balaban J connectivity index is 0.00000205. The van der Waals surface area contributed by atoms with Gasteiger partial charge in [-0.2, -0.15) is 12.0 Å². The molecule has 0 amide bonds. The minimum atomic E-state index is -0.0587. The van der Waals surface area contributed by atoms with Gasteiger partial charge in [0, 0.05) is 26.1 Å². The minimum Gasteiger partial charge on any atom is -0.335 e. The van der Waals surface area contributed by atoms with Gasteiger partial charge in [0.25, 0.3) is 0 Å². The third-order valence-corrected chi connectivity index (χ3v) is 5.41. The number of benzene rings is 2. The Morgan fingerprint density at radius 3 is 2.00 bits per heavy atom. The first-order valence-electron chi connectivity index (χ1n) is 9.49. The molecule has 5 rings (SSSR count). The van der Waals surface area contributed by atoms with Gasteiger partial charge in [-0.15, -0.1) is 83.6 Å². The summed E-state index contributed by atoms with van der Waals surface area (Å²) in [5.41, 5.74) is 6.05. The summed E-state index contributed by atoms with van der Waals surface area (Å²) in [7, 11) is 0. The molecule has 2 heterocycles. The van der Waals surface area contributed by atoms with Gasteiger partial charge in [-0.05, 0) is 22.9 Å². The first-order chi connectivity index (χ1) is 13.7. The molecule has 2 aromatic heterocycles. The molecule has 0 aliphatic heterocycles. The van der Waals surface area contributed by atoms with E-state index < -0.39 is 0 Å². The van der Waals surface area contributed by atoms with Crippen molar-refractivity contribution >= 4 is 0 Å². The molecule has 146 valence electrons. The maximum Gasteiger partial charge on any atom is 0.0218 e. The van der Waals surface area contributed by atoms with E-state index in [-0.39, 0.29) is 25.8 Å². The molecule has 0 spiro atoms. The first-order valence-corrected chi connectivity index (χ1v) is 9.49. The molecule has 2 aromatic carbocycles. The van der Waals surface area contributed by atoms with E-state index in [1.165, 1.54) is 5.92 Å². The van der Waals surface area contributed by atoms with Crippen molar-refractivity contribution in [3.63, 3.8) is 0 Å². The Morgan fingerprint density at radius 2 is 1.38 bits per heavy atom. The fraction of sp³-hybridized carbons (Fsp3) is 0.115. The SMILES string of the molecule is CC1(c2cccc(-c3[c-]cccc3)n2)C[C-]1c1cccc(-c2[c-]cccc2)n1.[Pd]. The van der Waals surface area contributed by atoms with Crippen LogP contribution in [0.4, 0.5) is 0 Å². The van der Waals surface area contributed by atoms with E-state index in [4.69, 9.17) is 9.97 Å². The average Bonchev–Trinajstić information content (AvgIpc) is 3.48. The smallest absolute Gasteiger partial charge is 0.0218 e. The van der Waals surface area contributed by atoms with Crippen molar-refractivity contribution in [1.29, 1.82) is 0 Å². The second-order valence-corrected chi connectivity index (χ2v) is 7.36. The standard InChI is InChI=1S/C26H19N2.Pd/c1-26(25-17-9-15-23(28-25)20-12-6-3-7-13-20)18-21(26)24-16-8-14-22(27-24)19-10-4-2-5-11-19;/h2-10,12,14-17H,18H2,1H3;/q-3;. The van der Waals surface area contributed by atoms with Crippen LogP contribution >= 0.6 is 0 Å². The molecule has 1 aliphatic carbocycles. The molecule has 0 N–H and O–H groups in total. The van der Waals surface area contributed by atoms with Gasteiger partial charge in [-0.3, -0.25) is 0 Å². The molecule has 3 heteroatoms. The Labute approximate surface area is 185 Å². The summed E-state index contributed by atoms with van der Waals surface area (Å²) in [5, 5.41) is 0. The number of hydrogen-bond acceptors (Lipinski definition) is 2. The van der Waals surface area contributed by atoms with Crippen LogP contribution < -0.4 is 0 Å². The number of aromatic nitrogens is 2. The molecule has 1 unspecified atom stereocenters. The summed E-state index contributed by atoms with van der Waals surface area (Å²) in [5.74, 6) is 1.34. The van der Waals surface area contributed by atoms with Crippen LogP contribution in [0.3, 0.4) is 0 Å². The predicted octanol–water partition coefficient (Wildman–Crippen LogP) is 5.69. The van der Waals surface area contributed by atoms with Crippen molar-refractivity contribution in [2.75, 3.05) is 0 Å². The van der Waals surface area contributed by atoms with E-state index >= 15 is 0 Å². The van der Waals surface area contributed by atoms with Crippen LogP contribution in [0.5, 0.6) is 0 Å². The van der Waals surface area contributed by atoms with E-state index in [1.807, 2.05) is 60.7 Å². The molecular formula is C26H19N2Pd-3. The quantitative estimate of drug-likeness (QED) is 0.286. The summed E-state index contributed by atoms with van der Waals surface area (Å²) in [6.45, 7) is 2.26. The summed E-state index contributed by atoms with van der Waals surface area (Å²) >= 11 is 0. The van der Waals surface area contributed by atoms with E-state index in [0.717, 1.165) is 40.3 Å². The number of hydrogen-bond donors (Lipinski definition) is 0. The molecule has 1 fully saturated rings. The molecule has 29 heavy (non-hydrogen) atoms. The molecule has 2 nitrogen and oxygen atoms in total. The van der Waals surface area contributed by atoms with E-state index in [9.17, 15) is 0 Å². The van der Waals surface area contributed by atoms with Crippen LogP contribution in [0.1, 0.15) is 24.7 Å². The van der Waals surface area contributed by atoms with Gasteiger partial charge in [0.2, 0.25) is 0 Å². The van der Waals surface area contributed by atoms with E-state index in [2.05, 4.69) is 43.3 Å². The Kier molecular flexibility index (Phi) is 5.37. The van der Waals surface area contributed by atoms with Crippen molar-refractivity contribution in [3.8, 4) is 22.5 Å². The molecule has 1 saturated carbocycles. The third kappa shape index (κ3) is 3.77. The second-order valence-electron chi connectivity index (χ2n) is 7.36. The Hall–Kier alpha value is -2.73. The van der Waals surface area contributed by atoms with Crippen molar-refractivity contribution in [2.24, 2.45) is 0 Å². The zero-order valence-corrected chi connectivity index (χ0v) is 17.6. The fourth-order valence-corrected chi connectivity index (χ4v) is 3.68. The summed E-state index contributed by atoms with van der Waals surface area (Å²) in [4.78, 5) is 9.85. The maximum absolute atomic E-state index is 4.95. The zero-order chi connectivity index (χ0) is 19.0.